The third-order valence-electron chi connectivity index (χ3n) is 2.02. The van der Waals surface area contributed by atoms with Crippen LogP contribution in [0.4, 0.5) is 0 Å². The average molecular weight is 248 g/mol. The van der Waals surface area contributed by atoms with E-state index >= 15 is 0 Å². The van der Waals surface area contributed by atoms with Gasteiger partial charge < -0.3 is 5.32 Å². The van der Waals surface area contributed by atoms with Gasteiger partial charge in [-0.05, 0) is 19.4 Å². The minimum atomic E-state index is -3.12. The highest BCUT2D eigenvalue weighted by Gasteiger charge is 2.12. The highest BCUT2D eigenvalue weighted by molar-refractivity contribution is 7.88. The fourth-order valence-corrected chi connectivity index (χ4v) is 2.17. The lowest BCUT2D eigenvalue weighted by Crippen LogP contribution is -2.33. The van der Waals surface area contributed by atoms with Crippen molar-refractivity contribution >= 4 is 15.9 Å². The van der Waals surface area contributed by atoms with E-state index in [1.54, 1.807) is 19.9 Å². The number of hydrogen-bond donors (Lipinski definition) is 1. The van der Waals surface area contributed by atoms with Crippen molar-refractivity contribution in [1.82, 2.24) is 9.62 Å². The molecule has 0 fully saturated rings. The molecular formula is C10H20N2O3S. The Hall–Kier alpha value is -0.880. The Morgan fingerprint density at radius 1 is 1.44 bits per heavy atom. The number of hydrogen-bond acceptors (Lipinski definition) is 3. The molecule has 0 aromatic heterocycles. The van der Waals surface area contributed by atoms with Gasteiger partial charge in [-0.1, -0.05) is 13.0 Å². The van der Waals surface area contributed by atoms with Crippen molar-refractivity contribution in [3.05, 3.63) is 12.2 Å². The van der Waals surface area contributed by atoms with Gasteiger partial charge in [-0.25, -0.2) is 12.7 Å². The first-order valence-electron chi connectivity index (χ1n) is 5.27. The molecule has 1 N–H and O–H groups in total. The number of sulfonamides is 1. The van der Waals surface area contributed by atoms with E-state index in [-0.39, 0.29) is 5.91 Å². The van der Waals surface area contributed by atoms with E-state index in [0.29, 0.717) is 26.1 Å². The van der Waals surface area contributed by atoms with E-state index in [9.17, 15) is 13.2 Å². The molecule has 0 saturated carbocycles. The van der Waals surface area contributed by atoms with E-state index in [2.05, 4.69) is 5.32 Å². The zero-order valence-electron chi connectivity index (χ0n) is 10.1. The molecule has 5 nitrogen and oxygen atoms in total. The van der Waals surface area contributed by atoms with Crippen LogP contribution in [-0.2, 0) is 14.8 Å². The SMILES string of the molecule is CC=CC(=O)NCCCN(CC)S(C)(=O)=O. The van der Waals surface area contributed by atoms with Crippen molar-refractivity contribution in [2.24, 2.45) is 0 Å². The van der Waals surface area contributed by atoms with Crippen LogP contribution in [0.25, 0.3) is 0 Å². The average Bonchev–Trinajstić information content (AvgIpc) is 2.16. The summed E-state index contributed by atoms with van der Waals surface area (Å²) in [5.41, 5.74) is 0. The minimum absolute atomic E-state index is 0.148. The number of amides is 1. The number of nitrogens with one attached hydrogen (secondary N) is 1. The number of nitrogens with zero attached hydrogens (tertiary/aromatic N) is 1. The van der Waals surface area contributed by atoms with Gasteiger partial charge in [0.25, 0.3) is 0 Å². The third kappa shape index (κ3) is 6.58. The lowest BCUT2D eigenvalue weighted by Gasteiger charge is -2.17. The Morgan fingerprint density at radius 3 is 2.50 bits per heavy atom. The van der Waals surface area contributed by atoms with Gasteiger partial charge in [-0.15, -0.1) is 0 Å². The summed E-state index contributed by atoms with van der Waals surface area (Å²) >= 11 is 0. The molecule has 94 valence electrons. The molecule has 0 unspecified atom stereocenters. The lowest BCUT2D eigenvalue weighted by atomic mass is 10.4. The Labute approximate surface area is 97.6 Å². The van der Waals surface area contributed by atoms with Crippen LogP contribution in [-0.4, -0.2) is 44.5 Å². The zero-order valence-corrected chi connectivity index (χ0v) is 10.9. The molecule has 0 rings (SSSR count). The number of rotatable bonds is 7. The fraction of sp³-hybridized carbons (Fsp3) is 0.700. The molecule has 1 amide bonds. The normalized spacial score (nSPS) is 12.2. The fourth-order valence-electron chi connectivity index (χ4n) is 1.24. The van der Waals surface area contributed by atoms with E-state index in [1.165, 1.54) is 16.6 Å². The number of allylic oxidation sites excluding steroid dienone is 1. The molecule has 0 aliphatic heterocycles. The maximum Gasteiger partial charge on any atom is 0.243 e. The van der Waals surface area contributed by atoms with E-state index in [1.807, 2.05) is 0 Å². The van der Waals surface area contributed by atoms with Crippen LogP contribution in [0.1, 0.15) is 20.3 Å². The van der Waals surface area contributed by atoms with Crippen molar-refractivity contribution in [3.8, 4) is 0 Å². The van der Waals surface area contributed by atoms with Crippen LogP contribution in [0.2, 0.25) is 0 Å². The maximum absolute atomic E-state index is 11.2. The highest BCUT2D eigenvalue weighted by atomic mass is 32.2. The van der Waals surface area contributed by atoms with Gasteiger partial charge in [0.05, 0.1) is 6.26 Å². The van der Waals surface area contributed by atoms with E-state index in [4.69, 9.17) is 0 Å². The largest absolute Gasteiger partial charge is 0.353 e. The van der Waals surface area contributed by atoms with Gasteiger partial charge >= 0.3 is 0 Å². The van der Waals surface area contributed by atoms with Crippen LogP contribution >= 0.6 is 0 Å². The molecule has 0 bridgehead atoms. The van der Waals surface area contributed by atoms with Crippen LogP contribution in [0.5, 0.6) is 0 Å². The first-order valence-corrected chi connectivity index (χ1v) is 7.12. The third-order valence-corrected chi connectivity index (χ3v) is 3.40. The van der Waals surface area contributed by atoms with Gasteiger partial charge in [0, 0.05) is 19.6 Å². The lowest BCUT2D eigenvalue weighted by molar-refractivity contribution is -0.116. The summed E-state index contributed by atoms with van der Waals surface area (Å²) in [4.78, 5) is 11.0. The molecule has 0 aromatic rings. The van der Waals surface area contributed by atoms with Gasteiger partial charge in [0.1, 0.15) is 0 Å². The molecule has 0 spiro atoms. The maximum atomic E-state index is 11.2. The summed E-state index contributed by atoms with van der Waals surface area (Å²) < 4.78 is 23.8. The monoisotopic (exact) mass is 248 g/mol. The first-order chi connectivity index (χ1) is 7.41. The second kappa shape index (κ2) is 7.40. The van der Waals surface area contributed by atoms with Crippen molar-refractivity contribution in [2.45, 2.75) is 20.3 Å². The smallest absolute Gasteiger partial charge is 0.243 e. The molecule has 0 heterocycles. The van der Waals surface area contributed by atoms with Crippen LogP contribution in [0, 0.1) is 0 Å². The second-order valence-electron chi connectivity index (χ2n) is 3.40. The molecule has 16 heavy (non-hydrogen) atoms. The molecule has 0 radical (unpaired) electrons. The second-order valence-corrected chi connectivity index (χ2v) is 5.38. The minimum Gasteiger partial charge on any atom is -0.353 e. The quantitative estimate of drug-likeness (QED) is 0.522. The Bertz CT molecular complexity index is 336. The highest BCUT2D eigenvalue weighted by Crippen LogP contribution is 1.97. The molecule has 0 saturated heterocycles. The molecule has 0 aromatic carbocycles. The standard InChI is InChI=1S/C10H20N2O3S/c1-4-7-10(13)11-8-6-9-12(5-2)16(3,14)15/h4,7H,5-6,8-9H2,1-3H3,(H,11,13). The van der Waals surface area contributed by atoms with Gasteiger partial charge in [-0.3, -0.25) is 4.79 Å². The van der Waals surface area contributed by atoms with Crippen LogP contribution in [0.15, 0.2) is 12.2 Å². The topological polar surface area (TPSA) is 66.5 Å². The van der Waals surface area contributed by atoms with Crippen molar-refractivity contribution in [2.75, 3.05) is 25.9 Å². The zero-order chi connectivity index (χ0) is 12.6. The van der Waals surface area contributed by atoms with Crippen molar-refractivity contribution in [3.63, 3.8) is 0 Å². The van der Waals surface area contributed by atoms with Gasteiger partial charge in [0.15, 0.2) is 0 Å². The number of carbonyl (C=O) groups is 1. The summed E-state index contributed by atoms with van der Waals surface area (Å²) in [6, 6.07) is 0. The Balaban J connectivity index is 3.85. The van der Waals surface area contributed by atoms with Gasteiger partial charge in [0.2, 0.25) is 15.9 Å². The van der Waals surface area contributed by atoms with E-state index in [0.717, 1.165) is 0 Å². The molecule has 0 aliphatic rings. The first kappa shape index (κ1) is 15.1. The summed E-state index contributed by atoms with van der Waals surface area (Å²) in [7, 11) is -3.12. The molecule has 0 aliphatic carbocycles. The van der Waals surface area contributed by atoms with Crippen LogP contribution in [0.3, 0.4) is 0 Å². The Kier molecular flexibility index (Phi) is 7.00. The van der Waals surface area contributed by atoms with E-state index < -0.39 is 10.0 Å². The summed E-state index contributed by atoms with van der Waals surface area (Å²) in [5.74, 6) is -0.148. The van der Waals surface area contributed by atoms with Crippen molar-refractivity contribution < 1.29 is 13.2 Å². The summed E-state index contributed by atoms with van der Waals surface area (Å²) in [5, 5.41) is 2.67. The van der Waals surface area contributed by atoms with Crippen molar-refractivity contribution in [1.29, 1.82) is 0 Å². The number of carbonyl (C=O) groups excluding carboxylic acids is 1. The van der Waals surface area contributed by atoms with Gasteiger partial charge in [-0.2, -0.15) is 0 Å². The summed E-state index contributed by atoms with van der Waals surface area (Å²) in [6.07, 6.45) is 4.90. The Morgan fingerprint density at radius 2 is 2.06 bits per heavy atom. The predicted octanol–water partition coefficient (Wildman–Crippen LogP) is 0.350. The molecule has 0 atom stereocenters. The predicted molar refractivity (Wildman–Crippen MR) is 64.5 cm³/mol. The summed E-state index contributed by atoms with van der Waals surface area (Å²) in [6.45, 7) is 4.93. The molecule has 6 heteroatoms. The molecular weight excluding hydrogens is 228 g/mol. The van der Waals surface area contributed by atoms with Crippen LogP contribution < -0.4 is 5.32 Å².